The summed E-state index contributed by atoms with van der Waals surface area (Å²) < 4.78 is 0. The molecule has 0 rings (SSSR count). The molecule has 1 atom stereocenters. The van der Waals surface area contributed by atoms with Gasteiger partial charge in [-0.25, -0.2) is 4.79 Å². The Kier molecular flexibility index (Phi) is 4.10. The van der Waals surface area contributed by atoms with Gasteiger partial charge in [-0.05, 0) is 20.8 Å². The maximum absolute atomic E-state index is 10.9. The molecule has 12 heavy (non-hydrogen) atoms. The molecule has 0 aliphatic carbocycles. The number of hydrogen-bond donors (Lipinski definition) is 3. The first kappa shape index (κ1) is 10.7. The zero-order valence-electron chi connectivity index (χ0n) is 7.42. The van der Waals surface area contributed by atoms with Crippen molar-refractivity contribution in [3.8, 4) is 0 Å². The van der Waals surface area contributed by atoms with Crippen LogP contribution < -0.4 is 10.6 Å². The van der Waals surface area contributed by atoms with Gasteiger partial charge in [0.05, 0.1) is 0 Å². The van der Waals surface area contributed by atoms with Crippen LogP contribution in [-0.2, 0) is 4.79 Å². The summed E-state index contributed by atoms with van der Waals surface area (Å²) in [5, 5.41) is 13.2. The van der Waals surface area contributed by atoms with E-state index in [-0.39, 0.29) is 6.04 Å². The second kappa shape index (κ2) is 4.58. The second-order valence-electron chi connectivity index (χ2n) is 2.83. The van der Waals surface area contributed by atoms with Crippen LogP contribution in [0.5, 0.6) is 0 Å². The summed E-state index contributed by atoms with van der Waals surface area (Å²) in [5.74, 6) is -1.05. The summed E-state index contributed by atoms with van der Waals surface area (Å²) >= 11 is 0. The summed E-state index contributed by atoms with van der Waals surface area (Å²) in [6.45, 7) is 5.00. The zero-order chi connectivity index (χ0) is 9.72. The minimum Gasteiger partial charge on any atom is -0.480 e. The van der Waals surface area contributed by atoms with Crippen molar-refractivity contribution < 1.29 is 14.7 Å². The smallest absolute Gasteiger partial charge is 0.325 e. The Morgan fingerprint density at radius 1 is 1.17 bits per heavy atom. The van der Waals surface area contributed by atoms with Crippen LogP contribution in [0.3, 0.4) is 0 Å². The van der Waals surface area contributed by atoms with E-state index >= 15 is 0 Å². The lowest BCUT2D eigenvalue weighted by atomic mass is 10.3. The lowest BCUT2D eigenvalue weighted by molar-refractivity contribution is -0.138. The number of nitrogens with one attached hydrogen (secondary N) is 2. The Morgan fingerprint density at radius 2 is 1.67 bits per heavy atom. The molecule has 0 aromatic heterocycles. The van der Waals surface area contributed by atoms with Crippen molar-refractivity contribution in [1.82, 2.24) is 10.6 Å². The Hall–Kier alpha value is -1.26. The van der Waals surface area contributed by atoms with Crippen molar-refractivity contribution in [2.24, 2.45) is 0 Å². The lowest BCUT2D eigenvalue weighted by Crippen LogP contribution is -2.46. The van der Waals surface area contributed by atoms with Gasteiger partial charge < -0.3 is 15.7 Å². The minimum atomic E-state index is -1.05. The third kappa shape index (κ3) is 4.54. The zero-order valence-corrected chi connectivity index (χ0v) is 7.42. The molecule has 5 heteroatoms. The Labute approximate surface area is 71.1 Å². The summed E-state index contributed by atoms with van der Waals surface area (Å²) in [6.07, 6.45) is 0. The van der Waals surface area contributed by atoms with Crippen LogP contribution in [0.15, 0.2) is 0 Å². The highest BCUT2D eigenvalue weighted by molar-refractivity contribution is 5.82. The molecular formula is C7H14N2O3. The number of amides is 2. The fourth-order valence-electron chi connectivity index (χ4n) is 0.562. The Balaban J connectivity index is 3.77. The van der Waals surface area contributed by atoms with Crippen molar-refractivity contribution in [1.29, 1.82) is 0 Å². The number of aliphatic carboxylic acids is 1. The number of hydrogen-bond acceptors (Lipinski definition) is 2. The number of carbonyl (C=O) groups excluding carboxylic acids is 1. The number of carbonyl (C=O) groups is 2. The summed E-state index contributed by atoms with van der Waals surface area (Å²) in [4.78, 5) is 21.2. The van der Waals surface area contributed by atoms with E-state index in [0.29, 0.717) is 0 Å². The van der Waals surface area contributed by atoms with Gasteiger partial charge in [-0.2, -0.15) is 0 Å². The van der Waals surface area contributed by atoms with E-state index in [2.05, 4.69) is 10.6 Å². The van der Waals surface area contributed by atoms with Crippen LogP contribution >= 0.6 is 0 Å². The van der Waals surface area contributed by atoms with Gasteiger partial charge in [0.2, 0.25) is 0 Å². The molecule has 0 radical (unpaired) electrons. The van der Waals surface area contributed by atoms with Crippen LogP contribution in [0.25, 0.3) is 0 Å². The largest absolute Gasteiger partial charge is 0.480 e. The van der Waals surface area contributed by atoms with E-state index in [0.717, 1.165) is 0 Å². The Bertz CT molecular complexity index is 179. The first-order valence-electron chi connectivity index (χ1n) is 3.73. The molecular weight excluding hydrogens is 160 g/mol. The quantitative estimate of drug-likeness (QED) is 0.570. The maximum atomic E-state index is 10.9. The average Bonchev–Trinajstić information content (AvgIpc) is 1.84. The molecule has 5 nitrogen and oxygen atoms in total. The van der Waals surface area contributed by atoms with Crippen LogP contribution in [0, 0.1) is 0 Å². The van der Waals surface area contributed by atoms with Gasteiger partial charge >= 0.3 is 12.0 Å². The van der Waals surface area contributed by atoms with Crippen LogP contribution in [-0.4, -0.2) is 29.2 Å². The topological polar surface area (TPSA) is 78.4 Å². The summed E-state index contributed by atoms with van der Waals surface area (Å²) in [7, 11) is 0. The van der Waals surface area contributed by atoms with Gasteiger partial charge in [-0.1, -0.05) is 0 Å². The minimum absolute atomic E-state index is 0.00555. The van der Waals surface area contributed by atoms with E-state index in [1.54, 1.807) is 13.8 Å². The van der Waals surface area contributed by atoms with Gasteiger partial charge in [0.1, 0.15) is 6.04 Å². The third-order valence-corrected chi connectivity index (χ3v) is 1.14. The van der Waals surface area contributed by atoms with Crippen LogP contribution in [0.1, 0.15) is 20.8 Å². The molecule has 0 heterocycles. The van der Waals surface area contributed by atoms with E-state index in [4.69, 9.17) is 5.11 Å². The predicted molar refractivity (Wildman–Crippen MR) is 43.9 cm³/mol. The summed E-state index contributed by atoms with van der Waals surface area (Å²) in [6, 6.07) is -1.31. The van der Waals surface area contributed by atoms with Crippen LogP contribution in [0.4, 0.5) is 4.79 Å². The van der Waals surface area contributed by atoms with Gasteiger partial charge in [0.25, 0.3) is 0 Å². The lowest BCUT2D eigenvalue weighted by Gasteiger charge is -2.12. The monoisotopic (exact) mass is 174 g/mol. The molecule has 0 unspecified atom stereocenters. The molecule has 0 aliphatic rings. The fourth-order valence-corrected chi connectivity index (χ4v) is 0.562. The van der Waals surface area contributed by atoms with Crippen molar-refractivity contribution >= 4 is 12.0 Å². The average molecular weight is 174 g/mol. The van der Waals surface area contributed by atoms with E-state index in [1.807, 2.05) is 0 Å². The molecule has 0 aliphatic heterocycles. The van der Waals surface area contributed by atoms with Gasteiger partial charge in [-0.15, -0.1) is 0 Å². The molecule has 3 N–H and O–H groups in total. The normalized spacial score (nSPS) is 12.3. The molecule has 0 aromatic carbocycles. The van der Waals surface area contributed by atoms with Crippen molar-refractivity contribution in [2.45, 2.75) is 32.9 Å². The summed E-state index contributed by atoms with van der Waals surface area (Å²) in [5.41, 5.74) is 0. The van der Waals surface area contributed by atoms with E-state index in [1.165, 1.54) is 6.92 Å². The van der Waals surface area contributed by atoms with Gasteiger partial charge in [0, 0.05) is 6.04 Å². The first-order chi connectivity index (χ1) is 5.43. The predicted octanol–water partition coefficient (Wildman–Crippen LogP) is 0.167. The standard InChI is InChI=1S/C7H14N2O3/c1-4(2)8-7(12)9-5(3)6(10)11/h4-5H,1-3H3,(H,10,11)(H2,8,9,12)/t5-/m0/s1. The highest BCUT2D eigenvalue weighted by Crippen LogP contribution is 1.82. The Morgan fingerprint density at radius 3 is 2.00 bits per heavy atom. The maximum Gasteiger partial charge on any atom is 0.325 e. The number of urea groups is 1. The molecule has 0 aromatic rings. The van der Waals surface area contributed by atoms with Gasteiger partial charge in [-0.3, -0.25) is 4.79 Å². The number of rotatable bonds is 3. The first-order valence-corrected chi connectivity index (χ1v) is 3.73. The molecule has 0 fully saturated rings. The molecule has 0 spiro atoms. The van der Waals surface area contributed by atoms with Crippen molar-refractivity contribution in [3.63, 3.8) is 0 Å². The highest BCUT2D eigenvalue weighted by atomic mass is 16.4. The van der Waals surface area contributed by atoms with Crippen molar-refractivity contribution in [3.05, 3.63) is 0 Å². The fraction of sp³-hybridized carbons (Fsp3) is 0.714. The number of carboxylic acid groups (broad SMARTS) is 1. The highest BCUT2D eigenvalue weighted by Gasteiger charge is 2.13. The van der Waals surface area contributed by atoms with Crippen molar-refractivity contribution in [2.75, 3.05) is 0 Å². The van der Waals surface area contributed by atoms with Crippen LogP contribution in [0.2, 0.25) is 0 Å². The molecule has 2 amide bonds. The SMILES string of the molecule is CC(C)NC(=O)N[C@@H](C)C(=O)O. The molecule has 70 valence electrons. The van der Waals surface area contributed by atoms with Gasteiger partial charge in [0.15, 0.2) is 0 Å². The van der Waals surface area contributed by atoms with E-state index < -0.39 is 18.0 Å². The second-order valence-corrected chi connectivity index (χ2v) is 2.83. The molecule has 0 saturated heterocycles. The van der Waals surface area contributed by atoms with E-state index in [9.17, 15) is 9.59 Å². The molecule has 0 saturated carbocycles. The molecule has 0 bridgehead atoms. The number of carboxylic acids is 1. The third-order valence-electron chi connectivity index (χ3n) is 1.14.